The third-order valence-electron chi connectivity index (χ3n) is 2.11. The van der Waals surface area contributed by atoms with Gasteiger partial charge in [-0.15, -0.1) is 5.92 Å². The minimum absolute atomic E-state index is 0.0668. The SMILES string of the molecule is CC#CCNc1ccccc1C(=O)NCCO. The molecule has 0 saturated carbocycles. The van der Waals surface area contributed by atoms with Gasteiger partial charge in [0.2, 0.25) is 0 Å². The molecule has 1 rings (SSSR count). The predicted molar refractivity (Wildman–Crippen MR) is 67.8 cm³/mol. The molecule has 0 radical (unpaired) electrons. The third-order valence-corrected chi connectivity index (χ3v) is 2.11. The van der Waals surface area contributed by atoms with Crippen molar-refractivity contribution in [2.24, 2.45) is 0 Å². The summed E-state index contributed by atoms with van der Waals surface area (Å²) in [5.74, 6) is 5.45. The number of carbonyl (C=O) groups is 1. The Hall–Kier alpha value is -1.99. The van der Waals surface area contributed by atoms with Crippen LogP contribution in [-0.4, -0.2) is 30.7 Å². The molecule has 0 atom stereocenters. The standard InChI is InChI=1S/C13H16N2O2/c1-2-3-8-14-12-7-5-4-6-11(12)13(17)15-9-10-16/h4-7,14,16H,8-10H2,1H3,(H,15,17). The fourth-order valence-corrected chi connectivity index (χ4v) is 1.33. The average molecular weight is 232 g/mol. The summed E-state index contributed by atoms with van der Waals surface area (Å²) in [6, 6.07) is 7.20. The van der Waals surface area contributed by atoms with E-state index in [1.807, 2.05) is 12.1 Å². The minimum Gasteiger partial charge on any atom is -0.395 e. The first kappa shape index (κ1) is 13.1. The van der Waals surface area contributed by atoms with Crippen LogP contribution in [0.15, 0.2) is 24.3 Å². The van der Waals surface area contributed by atoms with Crippen molar-refractivity contribution in [2.75, 3.05) is 25.0 Å². The van der Waals surface area contributed by atoms with Crippen molar-refractivity contribution < 1.29 is 9.90 Å². The smallest absolute Gasteiger partial charge is 0.253 e. The molecule has 1 amide bonds. The summed E-state index contributed by atoms with van der Waals surface area (Å²) in [5, 5.41) is 14.3. The zero-order valence-electron chi connectivity index (χ0n) is 9.79. The van der Waals surface area contributed by atoms with E-state index in [9.17, 15) is 4.79 Å². The maximum atomic E-state index is 11.8. The number of amides is 1. The van der Waals surface area contributed by atoms with E-state index in [-0.39, 0.29) is 19.1 Å². The highest BCUT2D eigenvalue weighted by molar-refractivity contribution is 5.99. The summed E-state index contributed by atoms with van der Waals surface area (Å²) in [6.45, 7) is 2.45. The molecular formula is C13H16N2O2. The highest BCUT2D eigenvalue weighted by atomic mass is 16.3. The molecule has 1 aromatic rings. The second kappa shape index (κ2) is 7.31. The monoisotopic (exact) mass is 232 g/mol. The summed E-state index contributed by atoms with van der Waals surface area (Å²) in [7, 11) is 0. The van der Waals surface area contributed by atoms with Gasteiger partial charge in [0.15, 0.2) is 0 Å². The number of benzene rings is 1. The van der Waals surface area contributed by atoms with Crippen LogP contribution in [0.1, 0.15) is 17.3 Å². The summed E-state index contributed by atoms with van der Waals surface area (Å²) in [5.41, 5.74) is 1.30. The molecule has 0 aromatic heterocycles. The van der Waals surface area contributed by atoms with Gasteiger partial charge in [0.05, 0.1) is 18.7 Å². The molecule has 0 aliphatic rings. The Morgan fingerprint density at radius 2 is 2.18 bits per heavy atom. The number of rotatable bonds is 5. The second-order valence-corrected chi connectivity index (χ2v) is 3.31. The average Bonchev–Trinajstić information content (AvgIpc) is 2.37. The first-order chi connectivity index (χ1) is 8.29. The van der Waals surface area contributed by atoms with Crippen LogP contribution in [0.4, 0.5) is 5.69 Å². The molecule has 0 bridgehead atoms. The topological polar surface area (TPSA) is 61.4 Å². The quantitative estimate of drug-likeness (QED) is 0.659. The molecule has 4 heteroatoms. The maximum absolute atomic E-state index is 11.8. The lowest BCUT2D eigenvalue weighted by molar-refractivity contribution is 0.0945. The Bertz CT molecular complexity index is 433. The second-order valence-electron chi connectivity index (χ2n) is 3.31. The zero-order valence-corrected chi connectivity index (χ0v) is 9.79. The largest absolute Gasteiger partial charge is 0.395 e. The van der Waals surface area contributed by atoms with Crippen LogP contribution in [0.3, 0.4) is 0 Å². The highest BCUT2D eigenvalue weighted by Crippen LogP contribution is 2.14. The fourth-order valence-electron chi connectivity index (χ4n) is 1.33. The molecular weight excluding hydrogens is 216 g/mol. The van der Waals surface area contributed by atoms with Crippen molar-refractivity contribution in [3.63, 3.8) is 0 Å². The van der Waals surface area contributed by atoms with Crippen molar-refractivity contribution in [3.05, 3.63) is 29.8 Å². The summed E-state index contributed by atoms with van der Waals surface area (Å²) < 4.78 is 0. The molecule has 0 spiro atoms. The van der Waals surface area contributed by atoms with E-state index in [1.54, 1.807) is 19.1 Å². The Kier molecular flexibility index (Phi) is 5.62. The predicted octanol–water partition coefficient (Wildman–Crippen LogP) is 0.844. The Labute approximate surface area is 101 Å². The van der Waals surface area contributed by atoms with E-state index in [2.05, 4.69) is 22.5 Å². The number of nitrogens with one attached hydrogen (secondary N) is 2. The van der Waals surface area contributed by atoms with E-state index in [0.29, 0.717) is 12.1 Å². The van der Waals surface area contributed by atoms with Crippen molar-refractivity contribution in [1.82, 2.24) is 5.32 Å². The number of carbonyl (C=O) groups excluding carboxylic acids is 1. The molecule has 3 N–H and O–H groups in total. The lowest BCUT2D eigenvalue weighted by Gasteiger charge is -2.09. The maximum Gasteiger partial charge on any atom is 0.253 e. The molecule has 1 aromatic carbocycles. The van der Waals surface area contributed by atoms with Gasteiger partial charge in [-0.2, -0.15) is 0 Å². The van der Waals surface area contributed by atoms with Gasteiger partial charge < -0.3 is 15.7 Å². The first-order valence-electron chi connectivity index (χ1n) is 5.41. The molecule has 0 fully saturated rings. The number of hydrogen-bond donors (Lipinski definition) is 3. The third kappa shape index (κ3) is 4.17. The number of hydrogen-bond acceptors (Lipinski definition) is 3. The van der Waals surface area contributed by atoms with Crippen LogP contribution in [0, 0.1) is 11.8 Å². The molecule has 0 aliphatic carbocycles. The molecule has 0 saturated heterocycles. The number of anilines is 1. The Morgan fingerprint density at radius 3 is 2.88 bits per heavy atom. The molecule has 90 valence electrons. The van der Waals surface area contributed by atoms with Crippen LogP contribution in [0.25, 0.3) is 0 Å². The summed E-state index contributed by atoms with van der Waals surface area (Å²) in [4.78, 5) is 11.8. The molecule has 4 nitrogen and oxygen atoms in total. The summed E-state index contributed by atoms with van der Waals surface area (Å²) in [6.07, 6.45) is 0. The number of para-hydroxylation sites is 1. The lowest BCUT2D eigenvalue weighted by atomic mass is 10.1. The van der Waals surface area contributed by atoms with Gasteiger partial charge in [-0.25, -0.2) is 0 Å². The van der Waals surface area contributed by atoms with E-state index in [4.69, 9.17) is 5.11 Å². The Morgan fingerprint density at radius 1 is 1.41 bits per heavy atom. The van der Waals surface area contributed by atoms with Gasteiger partial charge in [-0.1, -0.05) is 18.1 Å². The highest BCUT2D eigenvalue weighted by Gasteiger charge is 2.09. The van der Waals surface area contributed by atoms with E-state index in [1.165, 1.54) is 0 Å². The minimum atomic E-state index is -0.202. The summed E-state index contributed by atoms with van der Waals surface area (Å²) >= 11 is 0. The first-order valence-corrected chi connectivity index (χ1v) is 5.41. The number of aliphatic hydroxyl groups excluding tert-OH is 1. The van der Waals surface area contributed by atoms with Gasteiger partial charge >= 0.3 is 0 Å². The van der Waals surface area contributed by atoms with Crippen LogP contribution < -0.4 is 10.6 Å². The number of aliphatic hydroxyl groups is 1. The Balaban J connectivity index is 2.75. The van der Waals surface area contributed by atoms with E-state index in [0.717, 1.165) is 5.69 Å². The zero-order chi connectivity index (χ0) is 12.5. The van der Waals surface area contributed by atoms with Crippen molar-refractivity contribution in [3.8, 4) is 11.8 Å². The van der Waals surface area contributed by atoms with Crippen LogP contribution in [0.5, 0.6) is 0 Å². The van der Waals surface area contributed by atoms with Gasteiger partial charge in [0, 0.05) is 12.2 Å². The van der Waals surface area contributed by atoms with Gasteiger partial charge in [-0.05, 0) is 19.1 Å². The molecule has 17 heavy (non-hydrogen) atoms. The normalized spacial score (nSPS) is 9.06. The van der Waals surface area contributed by atoms with Gasteiger partial charge in [-0.3, -0.25) is 4.79 Å². The lowest BCUT2D eigenvalue weighted by Crippen LogP contribution is -2.27. The van der Waals surface area contributed by atoms with E-state index >= 15 is 0 Å². The van der Waals surface area contributed by atoms with Gasteiger partial charge in [0.25, 0.3) is 5.91 Å². The fraction of sp³-hybridized carbons (Fsp3) is 0.308. The van der Waals surface area contributed by atoms with Crippen LogP contribution >= 0.6 is 0 Å². The van der Waals surface area contributed by atoms with Crippen molar-refractivity contribution in [1.29, 1.82) is 0 Å². The van der Waals surface area contributed by atoms with Crippen molar-refractivity contribution in [2.45, 2.75) is 6.92 Å². The molecule has 0 unspecified atom stereocenters. The van der Waals surface area contributed by atoms with Crippen LogP contribution in [0.2, 0.25) is 0 Å². The molecule has 0 aliphatic heterocycles. The van der Waals surface area contributed by atoms with E-state index < -0.39 is 0 Å². The molecule has 0 heterocycles. The van der Waals surface area contributed by atoms with Crippen LogP contribution in [-0.2, 0) is 0 Å². The van der Waals surface area contributed by atoms with Gasteiger partial charge in [0.1, 0.15) is 0 Å². The van der Waals surface area contributed by atoms with Crippen molar-refractivity contribution >= 4 is 11.6 Å².